The van der Waals surface area contributed by atoms with Gasteiger partial charge in [-0.3, -0.25) is 4.90 Å². The van der Waals surface area contributed by atoms with Crippen LogP contribution in [0, 0.1) is 5.92 Å². The van der Waals surface area contributed by atoms with E-state index in [0.29, 0.717) is 11.8 Å². The third-order valence-corrected chi connectivity index (χ3v) is 6.67. The van der Waals surface area contributed by atoms with Crippen LogP contribution in [0.2, 0.25) is 0 Å². The number of ether oxygens (including phenoxy) is 2. The van der Waals surface area contributed by atoms with Crippen LogP contribution in [-0.4, -0.2) is 107 Å². The Hall–Kier alpha value is -3.34. The summed E-state index contributed by atoms with van der Waals surface area (Å²) in [6.45, 7) is 6.08. The zero-order chi connectivity index (χ0) is 30.8. The Morgan fingerprint density at radius 2 is 1.66 bits per heavy atom. The van der Waals surface area contributed by atoms with E-state index in [1.165, 1.54) is 0 Å². The lowest BCUT2D eigenvalue weighted by molar-refractivity contribution is -0.193. The summed E-state index contributed by atoms with van der Waals surface area (Å²) in [5.41, 5.74) is 1.08. The maximum Gasteiger partial charge on any atom is 0.490 e. The third kappa shape index (κ3) is 10.2. The van der Waals surface area contributed by atoms with Gasteiger partial charge in [0.2, 0.25) is 5.88 Å². The van der Waals surface area contributed by atoms with Gasteiger partial charge in [-0.25, -0.2) is 19.4 Å². The largest absolute Gasteiger partial charge is 0.490 e. The summed E-state index contributed by atoms with van der Waals surface area (Å²) in [4.78, 5) is 38.5. The third-order valence-electron chi connectivity index (χ3n) is 6.67. The number of aromatic nitrogens is 1. The van der Waals surface area contributed by atoms with Crippen LogP contribution in [0.25, 0.3) is 0 Å². The second-order valence-corrected chi connectivity index (χ2v) is 9.54. The average molecular weight is 603 g/mol. The van der Waals surface area contributed by atoms with Crippen LogP contribution in [-0.2, 0) is 20.9 Å². The predicted molar refractivity (Wildman–Crippen MR) is 129 cm³/mol. The van der Waals surface area contributed by atoms with Gasteiger partial charge >= 0.3 is 30.3 Å². The number of amides is 2. The molecule has 0 aromatic carbocycles. The molecule has 0 aliphatic carbocycles. The molecule has 1 unspecified atom stereocenters. The number of aliphatic carboxylic acids is 2. The first-order valence-electron chi connectivity index (χ1n) is 12.6. The Balaban J connectivity index is 0.000000349. The summed E-state index contributed by atoms with van der Waals surface area (Å²) < 4.78 is 75.0. The van der Waals surface area contributed by atoms with E-state index >= 15 is 0 Å². The number of likely N-dealkylation sites (tertiary alicyclic amines) is 2. The first-order chi connectivity index (χ1) is 19.1. The second kappa shape index (κ2) is 14.5. The first-order valence-corrected chi connectivity index (χ1v) is 12.6. The number of nitrogens with one attached hydrogen (secondary N) is 1. The number of pyridine rings is 1. The minimum atomic E-state index is -5.08. The highest BCUT2D eigenvalue weighted by atomic mass is 19.4. The highest BCUT2D eigenvalue weighted by molar-refractivity contribution is 5.74. The van der Waals surface area contributed by atoms with Crippen molar-refractivity contribution in [1.82, 2.24) is 20.1 Å². The number of rotatable bonds is 6. The number of carbonyl (C=O) groups is 3. The molecule has 0 saturated carbocycles. The summed E-state index contributed by atoms with van der Waals surface area (Å²) in [6.07, 6.45) is -4.07. The van der Waals surface area contributed by atoms with Crippen molar-refractivity contribution in [3.8, 4) is 5.88 Å². The molecule has 3 N–H and O–H groups in total. The van der Waals surface area contributed by atoms with Crippen LogP contribution >= 0.6 is 0 Å². The molecule has 3 saturated heterocycles. The number of urea groups is 1. The topological polar surface area (TPSA) is 142 Å². The zero-order valence-electron chi connectivity index (χ0n) is 22.1. The van der Waals surface area contributed by atoms with Gasteiger partial charge in [-0.15, -0.1) is 0 Å². The van der Waals surface area contributed by atoms with Gasteiger partial charge in [0, 0.05) is 57.6 Å². The fourth-order valence-electron chi connectivity index (χ4n) is 4.72. The molecule has 1 aromatic rings. The van der Waals surface area contributed by atoms with E-state index in [9.17, 15) is 31.1 Å². The van der Waals surface area contributed by atoms with Crippen molar-refractivity contribution in [2.24, 2.45) is 5.92 Å². The fraction of sp³-hybridized carbons (Fsp3) is 0.667. The average Bonchev–Trinajstić information content (AvgIpc) is 3.55. The highest BCUT2D eigenvalue weighted by Gasteiger charge is 2.52. The van der Waals surface area contributed by atoms with Crippen molar-refractivity contribution in [2.45, 2.75) is 50.2 Å². The number of nitrogens with zero attached hydrogens (tertiary/aromatic N) is 3. The number of carboxylic acids is 2. The van der Waals surface area contributed by atoms with Crippen molar-refractivity contribution >= 4 is 18.0 Å². The molecule has 3 fully saturated rings. The van der Waals surface area contributed by atoms with Crippen molar-refractivity contribution in [3.05, 3.63) is 23.9 Å². The van der Waals surface area contributed by atoms with Crippen molar-refractivity contribution < 1.29 is 60.4 Å². The zero-order valence-corrected chi connectivity index (χ0v) is 22.1. The van der Waals surface area contributed by atoms with E-state index in [0.717, 1.165) is 77.1 Å². The van der Waals surface area contributed by atoms with Gasteiger partial charge in [0.25, 0.3) is 0 Å². The molecule has 0 radical (unpaired) electrons. The Kier molecular flexibility index (Phi) is 12.0. The van der Waals surface area contributed by atoms with Crippen LogP contribution in [0.3, 0.4) is 0 Å². The smallest absolute Gasteiger partial charge is 0.481 e. The second-order valence-electron chi connectivity index (χ2n) is 9.54. The maximum atomic E-state index is 12.1. The normalized spacial score (nSPS) is 19.8. The van der Waals surface area contributed by atoms with Gasteiger partial charge in [-0.2, -0.15) is 26.3 Å². The van der Waals surface area contributed by atoms with E-state index < -0.39 is 24.3 Å². The molecule has 1 spiro atoms. The molecule has 1 aromatic heterocycles. The van der Waals surface area contributed by atoms with Crippen LogP contribution in [0.15, 0.2) is 18.3 Å². The molecule has 232 valence electrons. The predicted octanol–water partition coefficient (Wildman–Crippen LogP) is 3.14. The van der Waals surface area contributed by atoms with Gasteiger partial charge in [0.15, 0.2) is 0 Å². The van der Waals surface area contributed by atoms with Crippen LogP contribution in [0.4, 0.5) is 31.1 Å². The molecule has 2 amide bonds. The summed E-state index contributed by atoms with van der Waals surface area (Å²) in [6, 6.07) is 4.11. The van der Waals surface area contributed by atoms with Gasteiger partial charge in [-0.05, 0) is 37.7 Å². The van der Waals surface area contributed by atoms with Gasteiger partial charge in [0.05, 0.1) is 12.7 Å². The molecule has 3 aliphatic heterocycles. The Morgan fingerprint density at radius 3 is 2.17 bits per heavy atom. The minimum Gasteiger partial charge on any atom is -0.481 e. The number of carboxylic acid groups (broad SMARTS) is 2. The van der Waals surface area contributed by atoms with Gasteiger partial charge < -0.3 is 29.9 Å². The van der Waals surface area contributed by atoms with E-state index in [2.05, 4.69) is 21.3 Å². The molecule has 4 rings (SSSR count). The maximum absolute atomic E-state index is 12.1. The summed E-state index contributed by atoms with van der Waals surface area (Å²) in [5, 5.41) is 17.3. The molecule has 4 heterocycles. The van der Waals surface area contributed by atoms with Crippen molar-refractivity contribution in [3.63, 3.8) is 0 Å². The van der Waals surface area contributed by atoms with Crippen LogP contribution < -0.4 is 10.1 Å². The number of methoxy groups -OCH3 is 1. The monoisotopic (exact) mass is 602 g/mol. The highest BCUT2D eigenvalue weighted by Crippen LogP contribution is 2.42. The molecular weight excluding hydrogens is 570 g/mol. The summed E-state index contributed by atoms with van der Waals surface area (Å²) >= 11 is 0. The molecule has 41 heavy (non-hydrogen) atoms. The summed E-state index contributed by atoms with van der Waals surface area (Å²) in [5.74, 6) is -4.30. The molecule has 17 heteroatoms. The van der Waals surface area contributed by atoms with E-state index in [1.54, 1.807) is 13.3 Å². The Bertz CT molecular complexity index is 1000. The SMILES string of the molecule is COc1ncccc1CN1CC2(C1)OCCC2CCNC(=O)N1CCCC1.O=C(O)C(F)(F)F.O=C(O)C(F)(F)F. The van der Waals surface area contributed by atoms with E-state index in [-0.39, 0.29) is 11.6 Å². The standard InChI is InChI=1S/C20H30N4O3.2C2HF3O2/c1-26-18-16(5-4-8-21-18)13-23-14-20(15-23)17(7-12-27-20)6-9-22-19(25)24-10-2-3-11-24;2*3-2(4,5)1(6)7/h4-5,8,17H,2-3,6-7,9-15H2,1H3,(H,22,25);2*(H,6,7). The van der Waals surface area contributed by atoms with Gasteiger partial charge in [0.1, 0.15) is 0 Å². The minimum absolute atomic E-state index is 0.0339. The number of hydrogen-bond donors (Lipinski definition) is 3. The molecular formula is C24H32F6N4O7. The quantitative estimate of drug-likeness (QED) is 0.419. The Labute approximate surface area is 231 Å². The number of alkyl halides is 6. The summed E-state index contributed by atoms with van der Waals surface area (Å²) in [7, 11) is 1.66. The molecule has 3 aliphatic rings. The van der Waals surface area contributed by atoms with Crippen LogP contribution in [0.5, 0.6) is 5.88 Å². The number of carbonyl (C=O) groups excluding carboxylic acids is 1. The lowest BCUT2D eigenvalue weighted by Crippen LogP contribution is -2.64. The van der Waals surface area contributed by atoms with Crippen molar-refractivity contribution in [1.29, 1.82) is 0 Å². The first kappa shape index (κ1) is 33.9. The lowest BCUT2D eigenvalue weighted by atomic mass is 9.79. The van der Waals surface area contributed by atoms with E-state index in [4.69, 9.17) is 29.3 Å². The molecule has 0 bridgehead atoms. The molecule has 1 atom stereocenters. The van der Waals surface area contributed by atoms with E-state index in [1.807, 2.05) is 11.0 Å². The van der Waals surface area contributed by atoms with Gasteiger partial charge in [-0.1, -0.05) is 6.07 Å². The van der Waals surface area contributed by atoms with Crippen LogP contribution in [0.1, 0.15) is 31.2 Å². The fourth-order valence-corrected chi connectivity index (χ4v) is 4.72. The lowest BCUT2D eigenvalue weighted by Gasteiger charge is -2.50. The Morgan fingerprint density at radius 1 is 1.10 bits per heavy atom. The number of halogens is 6. The number of hydrogen-bond acceptors (Lipinski definition) is 7. The van der Waals surface area contributed by atoms with Crippen molar-refractivity contribution in [2.75, 3.05) is 46.4 Å². The molecule has 11 nitrogen and oxygen atoms in total.